The number of benzene rings is 1. The normalized spacial score (nSPS) is 12.7. The maximum atomic E-state index is 9.55. The Hall–Kier alpha value is -2.71. The lowest BCUT2D eigenvalue weighted by molar-refractivity contribution is 0.271. The Morgan fingerprint density at radius 1 is 1.10 bits per heavy atom. The number of rotatable bonds is 10. The summed E-state index contributed by atoms with van der Waals surface area (Å²) in [5.74, 6) is 1.18. The fraction of sp³-hybridized carbons (Fsp3) is 0.500. The van der Waals surface area contributed by atoms with Crippen molar-refractivity contribution in [3.05, 3.63) is 41.7 Å². The zero-order valence-electron chi connectivity index (χ0n) is 18.6. The Morgan fingerprint density at radius 2 is 1.80 bits per heavy atom. The van der Waals surface area contributed by atoms with Gasteiger partial charge in [-0.1, -0.05) is 31.2 Å². The quantitative estimate of drug-likeness (QED) is 0.472. The van der Waals surface area contributed by atoms with Crippen molar-refractivity contribution >= 4 is 22.9 Å². The summed E-state index contributed by atoms with van der Waals surface area (Å²) < 4.78 is 2.03. The fourth-order valence-electron chi connectivity index (χ4n) is 3.26. The molecule has 0 saturated heterocycles. The second-order valence-electron chi connectivity index (χ2n) is 8.15. The van der Waals surface area contributed by atoms with Crippen molar-refractivity contribution in [2.75, 3.05) is 31.3 Å². The lowest BCUT2D eigenvalue weighted by Gasteiger charge is -2.16. The molecule has 0 saturated carbocycles. The molecule has 0 unspecified atom stereocenters. The summed E-state index contributed by atoms with van der Waals surface area (Å²) in [7, 11) is 4.13. The Morgan fingerprint density at radius 3 is 2.40 bits per heavy atom. The third-order valence-electron chi connectivity index (χ3n) is 5.01. The second kappa shape index (κ2) is 9.86. The Balaban J connectivity index is 1.86. The van der Waals surface area contributed by atoms with E-state index >= 15 is 0 Å². The van der Waals surface area contributed by atoms with Gasteiger partial charge in [0.05, 0.1) is 19.0 Å². The van der Waals surface area contributed by atoms with Gasteiger partial charge in [0.1, 0.15) is 0 Å². The van der Waals surface area contributed by atoms with E-state index in [0.29, 0.717) is 18.3 Å². The van der Waals surface area contributed by atoms with Gasteiger partial charge in [0.2, 0.25) is 5.95 Å². The summed E-state index contributed by atoms with van der Waals surface area (Å²) in [6, 6.07) is 8.72. The zero-order valence-corrected chi connectivity index (χ0v) is 18.6. The van der Waals surface area contributed by atoms with E-state index in [1.807, 2.05) is 11.5 Å². The SMILES string of the molecule is CC[C@H](CO)Nc1nc(NCc2ccc(CN(C)C)cc2)c2ncn(C(C)C)c2n1. The van der Waals surface area contributed by atoms with Gasteiger partial charge in [-0.2, -0.15) is 9.97 Å². The van der Waals surface area contributed by atoms with E-state index < -0.39 is 0 Å². The molecular weight excluding hydrogens is 378 g/mol. The molecule has 0 fully saturated rings. The minimum absolute atomic E-state index is 0.0311. The van der Waals surface area contributed by atoms with E-state index in [1.165, 1.54) is 11.1 Å². The molecule has 3 rings (SSSR count). The number of anilines is 2. The summed E-state index contributed by atoms with van der Waals surface area (Å²) in [4.78, 5) is 16.0. The highest BCUT2D eigenvalue weighted by Gasteiger charge is 2.16. The first-order chi connectivity index (χ1) is 14.4. The summed E-state index contributed by atoms with van der Waals surface area (Å²) in [6.45, 7) is 7.81. The molecule has 0 aliphatic heterocycles. The summed E-state index contributed by atoms with van der Waals surface area (Å²) in [5, 5.41) is 16.2. The van der Waals surface area contributed by atoms with Gasteiger partial charge in [0, 0.05) is 19.1 Å². The van der Waals surface area contributed by atoms with Crippen LogP contribution < -0.4 is 10.6 Å². The highest BCUT2D eigenvalue weighted by atomic mass is 16.3. The number of aliphatic hydroxyl groups excluding tert-OH is 1. The van der Waals surface area contributed by atoms with Crippen LogP contribution >= 0.6 is 0 Å². The summed E-state index contributed by atoms with van der Waals surface area (Å²) in [5.41, 5.74) is 3.98. The van der Waals surface area contributed by atoms with Gasteiger partial charge in [-0.3, -0.25) is 0 Å². The van der Waals surface area contributed by atoms with Gasteiger partial charge in [-0.25, -0.2) is 4.98 Å². The third kappa shape index (κ3) is 5.25. The predicted octanol–water partition coefficient (Wildman–Crippen LogP) is 3.26. The molecule has 3 aromatic rings. The number of hydrogen-bond acceptors (Lipinski definition) is 7. The molecule has 0 bridgehead atoms. The minimum Gasteiger partial charge on any atom is -0.394 e. The Kier molecular flexibility index (Phi) is 7.23. The average Bonchev–Trinajstić information content (AvgIpc) is 3.15. The van der Waals surface area contributed by atoms with Crippen LogP contribution in [0.1, 0.15) is 44.4 Å². The van der Waals surface area contributed by atoms with Gasteiger partial charge in [0.25, 0.3) is 0 Å². The number of hydrogen-bond donors (Lipinski definition) is 3. The molecule has 2 aromatic heterocycles. The summed E-state index contributed by atoms with van der Waals surface area (Å²) >= 11 is 0. The smallest absolute Gasteiger partial charge is 0.227 e. The van der Waals surface area contributed by atoms with E-state index in [2.05, 4.69) is 82.7 Å². The molecular formula is C22H33N7O. The molecule has 0 spiro atoms. The van der Waals surface area contributed by atoms with Crippen molar-refractivity contribution in [2.45, 2.75) is 52.4 Å². The van der Waals surface area contributed by atoms with Crippen molar-refractivity contribution in [1.29, 1.82) is 0 Å². The highest BCUT2D eigenvalue weighted by Crippen LogP contribution is 2.24. The standard InChI is InChI=1S/C22H33N7O/c1-6-18(13-30)25-22-26-20(19-21(27-22)29(14-24-19)15(2)3)23-11-16-7-9-17(10-8-16)12-28(4)5/h7-10,14-15,18,30H,6,11-13H2,1-5H3,(H2,23,25,26,27)/t18-/m1/s1. The number of nitrogens with one attached hydrogen (secondary N) is 2. The zero-order chi connectivity index (χ0) is 21.7. The molecule has 30 heavy (non-hydrogen) atoms. The highest BCUT2D eigenvalue weighted by molar-refractivity contribution is 5.84. The average molecular weight is 412 g/mol. The van der Waals surface area contributed by atoms with E-state index in [-0.39, 0.29) is 18.7 Å². The number of aromatic nitrogens is 4. The van der Waals surface area contributed by atoms with Crippen LogP contribution in [-0.4, -0.2) is 56.3 Å². The van der Waals surface area contributed by atoms with Crippen LogP contribution in [0, 0.1) is 0 Å². The molecule has 8 nitrogen and oxygen atoms in total. The first kappa shape index (κ1) is 22.0. The number of imidazole rings is 1. The monoisotopic (exact) mass is 411 g/mol. The van der Waals surface area contributed by atoms with Crippen LogP contribution in [0.3, 0.4) is 0 Å². The van der Waals surface area contributed by atoms with Crippen molar-refractivity contribution in [1.82, 2.24) is 24.4 Å². The molecule has 162 valence electrons. The van der Waals surface area contributed by atoms with Gasteiger partial charge in [-0.15, -0.1) is 0 Å². The first-order valence-electron chi connectivity index (χ1n) is 10.5. The van der Waals surface area contributed by atoms with E-state index in [1.54, 1.807) is 6.33 Å². The fourth-order valence-corrected chi connectivity index (χ4v) is 3.26. The van der Waals surface area contributed by atoms with Gasteiger partial charge < -0.3 is 25.2 Å². The maximum Gasteiger partial charge on any atom is 0.227 e. The molecule has 2 heterocycles. The molecule has 1 atom stereocenters. The Bertz CT molecular complexity index is 946. The van der Waals surface area contributed by atoms with Crippen molar-refractivity contribution in [2.24, 2.45) is 0 Å². The summed E-state index contributed by atoms with van der Waals surface area (Å²) in [6.07, 6.45) is 2.59. The minimum atomic E-state index is -0.0880. The van der Waals surface area contributed by atoms with Crippen LogP contribution in [0.5, 0.6) is 0 Å². The van der Waals surface area contributed by atoms with E-state index in [9.17, 15) is 5.11 Å². The Labute approximate surface area is 178 Å². The van der Waals surface area contributed by atoms with E-state index in [4.69, 9.17) is 0 Å². The lowest BCUT2D eigenvalue weighted by atomic mass is 10.1. The largest absolute Gasteiger partial charge is 0.394 e. The first-order valence-corrected chi connectivity index (χ1v) is 10.5. The topological polar surface area (TPSA) is 91.1 Å². The van der Waals surface area contributed by atoms with E-state index in [0.717, 1.165) is 24.1 Å². The van der Waals surface area contributed by atoms with Crippen LogP contribution in [-0.2, 0) is 13.1 Å². The second-order valence-corrected chi connectivity index (χ2v) is 8.15. The lowest BCUT2D eigenvalue weighted by Crippen LogP contribution is -2.24. The van der Waals surface area contributed by atoms with Crippen molar-refractivity contribution < 1.29 is 5.11 Å². The molecule has 1 aromatic carbocycles. The van der Waals surface area contributed by atoms with Gasteiger partial charge in [-0.05, 0) is 45.5 Å². The van der Waals surface area contributed by atoms with Crippen LogP contribution in [0.25, 0.3) is 11.2 Å². The number of aliphatic hydroxyl groups is 1. The van der Waals surface area contributed by atoms with Crippen LogP contribution in [0.15, 0.2) is 30.6 Å². The van der Waals surface area contributed by atoms with Crippen LogP contribution in [0.4, 0.5) is 11.8 Å². The van der Waals surface area contributed by atoms with Crippen molar-refractivity contribution in [3.63, 3.8) is 0 Å². The molecule has 3 N–H and O–H groups in total. The van der Waals surface area contributed by atoms with Gasteiger partial charge in [0.15, 0.2) is 17.0 Å². The number of fused-ring (bicyclic) bond motifs is 1. The number of nitrogens with zero attached hydrogens (tertiary/aromatic N) is 5. The molecule has 0 radical (unpaired) electrons. The van der Waals surface area contributed by atoms with Crippen LogP contribution in [0.2, 0.25) is 0 Å². The maximum absolute atomic E-state index is 9.55. The molecule has 0 aliphatic rings. The van der Waals surface area contributed by atoms with Gasteiger partial charge >= 0.3 is 0 Å². The molecule has 0 aliphatic carbocycles. The molecule has 8 heteroatoms. The predicted molar refractivity (Wildman–Crippen MR) is 122 cm³/mol. The third-order valence-corrected chi connectivity index (χ3v) is 5.01. The molecule has 0 amide bonds. The van der Waals surface area contributed by atoms with Crippen molar-refractivity contribution in [3.8, 4) is 0 Å².